The van der Waals surface area contributed by atoms with Crippen LogP contribution in [0.4, 0.5) is 17.6 Å². The highest BCUT2D eigenvalue weighted by Gasteiger charge is 2.38. The molecule has 5 rings (SSSR count). The van der Waals surface area contributed by atoms with Gasteiger partial charge in [-0.15, -0.1) is 0 Å². The van der Waals surface area contributed by atoms with E-state index < -0.39 is 23.0 Å². The third-order valence-corrected chi connectivity index (χ3v) is 6.58. The van der Waals surface area contributed by atoms with Gasteiger partial charge in [-0.05, 0) is 76.7 Å². The largest absolute Gasteiger partial charge is 0.364 e. The van der Waals surface area contributed by atoms with E-state index in [1.165, 1.54) is 31.6 Å². The van der Waals surface area contributed by atoms with Crippen LogP contribution in [0.2, 0.25) is 0 Å². The Hall–Kier alpha value is -3.13. The molecule has 3 heterocycles. The Kier molecular flexibility index (Phi) is 9.18. The highest BCUT2D eigenvalue weighted by Crippen LogP contribution is 2.39. The van der Waals surface area contributed by atoms with Gasteiger partial charge in [0.1, 0.15) is 11.6 Å². The summed E-state index contributed by atoms with van der Waals surface area (Å²) in [6.45, 7) is 17.9. The summed E-state index contributed by atoms with van der Waals surface area (Å²) in [5, 5.41) is 3.11. The normalized spacial score (nSPS) is 15.6. The van der Waals surface area contributed by atoms with Gasteiger partial charge in [0.2, 0.25) is 0 Å². The lowest BCUT2D eigenvalue weighted by molar-refractivity contribution is 0.134. The molecule has 1 N–H and O–H groups in total. The fourth-order valence-electron chi connectivity index (χ4n) is 4.29. The van der Waals surface area contributed by atoms with Crippen molar-refractivity contribution in [2.24, 2.45) is 0 Å². The van der Waals surface area contributed by atoms with E-state index in [9.17, 15) is 17.6 Å². The van der Waals surface area contributed by atoms with E-state index >= 15 is 0 Å². The molecule has 1 saturated heterocycles. The summed E-state index contributed by atoms with van der Waals surface area (Å²) < 4.78 is 55.0. The molecule has 8 heteroatoms. The number of fused-ring (bicyclic) bond motifs is 1. The molecule has 0 unspecified atom stereocenters. The van der Waals surface area contributed by atoms with Crippen molar-refractivity contribution in [3.63, 3.8) is 0 Å². The summed E-state index contributed by atoms with van der Waals surface area (Å²) in [4.78, 5) is 6.82. The van der Waals surface area contributed by atoms with E-state index in [0.717, 1.165) is 35.8 Å². The molecule has 37 heavy (non-hydrogen) atoms. The maximum absolute atomic E-state index is 13.7. The SMILES string of the molecule is C1CNC1.C=CN1CCn2c(nc(-c3cc(F)c(F)c(F)c3)c2C(C)C)C1(C)C.Cc1ccc(F)cc1. The molecule has 0 atom stereocenters. The predicted molar refractivity (Wildman–Crippen MR) is 140 cm³/mol. The lowest BCUT2D eigenvalue weighted by Gasteiger charge is -2.42. The average Bonchev–Trinajstić information content (AvgIpc) is 3.20. The molecule has 4 nitrogen and oxygen atoms in total. The molecule has 1 aromatic heterocycles. The molecule has 0 saturated carbocycles. The topological polar surface area (TPSA) is 33.1 Å². The minimum atomic E-state index is -1.46. The summed E-state index contributed by atoms with van der Waals surface area (Å²) in [5.41, 5.74) is 2.34. The first-order valence-corrected chi connectivity index (χ1v) is 12.5. The van der Waals surface area contributed by atoms with Crippen LogP contribution in [0.15, 0.2) is 49.2 Å². The number of nitrogens with zero attached hydrogens (tertiary/aromatic N) is 3. The summed E-state index contributed by atoms with van der Waals surface area (Å²) in [5.74, 6) is -3.14. The van der Waals surface area contributed by atoms with Gasteiger partial charge >= 0.3 is 0 Å². The standard InChI is InChI=1S/C19H22F3N3.C7H7F.C3H7N/c1-6-24-7-8-25-17(11(2)3)16(23-18(25)19(24,4)5)12-9-13(20)15(22)14(21)10-12;1-6-2-4-7(8)5-3-6;1-2-4-3-1/h6,9-11H,1,7-8H2,2-5H3;2-5H,1H3;4H,1-3H2. The van der Waals surface area contributed by atoms with Gasteiger partial charge in [0.05, 0.1) is 11.2 Å². The smallest absolute Gasteiger partial charge is 0.194 e. The number of hydrogen-bond donors (Lipinski definition) is 1. The summed E-state index contributed by atoms with van der Waals surface area (Å²) in [6.07, 6.45) is 3.17. The monoisotopic (exact) mass is 516 g/mol. The molecule has 0 amide bonds. The molecule has 0 aliphatic carbocycles. The molecule has 0 bridgehead atoms. The van der Waals surface area contributed by atoms with Gasteiger partial charge < -0.3 is 14.8 Å². The van der Waals surface area contributed by atoms with Gasteiger partial charge in [0.15, 0.2) is 17.5 Å². The van der Waals surface area contributed by atoms with Crippen LogP contribution in [0.3, 0.4) is 0 Å². The Balaban J connectivity index is 0.000000258. The van der Waals surface area contributed by atoms with E-state index in [0.29, 0.717) is 12.2 Å². The third-order valence-electron chi connectivity index (χ3n) is 6.58. The molecule has 0 spiro atoms. The van der Waals surface area contributed by atoms with Crippen molar-refractivity contribution in [2.45, 2.75) is 59.0 Å². The third kappa shape index (κ3) is 6.42. The van der Waals surface area contributed by atoms with Crippen LogP contribution in [0.5, 0.6) is 0 Å². The van der Waals surface area contributed by atoms with E-state index in [2.05, 4.69) is 21.4 Å². The van der Waals surface area contributed by atoms with Crippen LogP contribution in [-0.2, 0) is 12.1 Å². The summed E-state index contributed by atoms with van der Waals surface area (Å²) >= 11 is 0. The number of benzene rings is 2. The van der Waals surface area contributed by atoms with Crippen LogP contribution >= 0.6 is 0 Å². The second-order valence-electron chi connectivity index (χ2n) is 10.1. The summed E-state index contributed by atoms with van der Waals surface area (Å²) in [6, 6.07) is 8.42. The fraction of sp³-hybridized carbons (Fsp3) is 0.414. The molecule has 1 fully saturated rings. The fourth-order valence-corrected chi connectivity index (χ4v) is 4.29. The Morgan fingerprint density at radius 1 is 1.00 bits per heavy atom. The molecular formula is C29H36F4N4. The van der Waals surface area contributed by atoms with Crippen molar-refractivity contribution in [2.75, 3.05) is 19.6 Å². The molecule has 200 valence electrons. The van der Waals surface area contributed by atoms with Crippen LogP contribution in [0.25, 0.3) is 11.3 Å². The highest BCUT2D eigenvalue weighted by molar-refractivity contribution is 5.64. The molecule has 2 aromatic carbocycles. The van der Waals surface area contributed by atoms with Crippen LogP contribution in [-0.4, -0.2) is 34.1 Å². The second-order valence-corrected chi connectivity index (χ2v) is 10.1. The highest BCUT2D eigenvalue weighted by atomic mass is 19.2. The Morgan fingerprint density at radius 3 is 1.97 bits per heavy atom. The molecule has 3 aromatic rings. The van der Waals surface area contributed by atoms with Gasteiger partial charge in [-0.3, -0.25) is 0 Å². The summed E-state index contributed by atoms with van der Waals surface area (Å²) in [7, 11) is 0. The zero-order valence-electron chi connectivity index (χ0n) is 22.2. The quantitative estimate of drug-likeness (QED) is 0.304. The van der Waals surface area contributed by atoms with Crippen molar-refractivity contribution in [3.8, 4) is 11.3 Å². The Bertz CT molecular complexity index is 1160. The number of hydrogen-bond acceptors (Lipinski definition) is 3. The van der Waals surface area contributed by atoms with Crippen molar-refractivity contribution >= 4 is 0 Å². The number of aryl methyl sites for hydroxylation is 1. The van der Waals surface area contributed by atoms with Crippen LogP contribution in [0, 0.1) is 30.2 Å². The lowest BCUT2D eigenvalue weighted by atomic mass is 9.99. The van der Waals surface area contributed by atoms with E-state index in [1.54, 1.807) is 18.3 Å². The predicted octanol–water partition coefficient (Wildman–Crippen LogP) is 6.90. The molecule has 2 aliphatic rings. The first-order valence-electron chi connectivity index (χ1n) is 12.5. The first kappa shape index (κ1) is 28.4. The van der Waals surface area contributed by atoms with Gasteiger partial charge in [-0.25, -0.2) is 22.5 Å². The van der Waals surface area contributed by atoms with Gasteiger partial charge in [-0.2, -0.15) is 0 Å². The molecule has 0 radical (unpaired) electrons. The van der Waals surface area contributed by atoms with Crippen molar-refractivity contribution in [3.05, 3.63) is 89.5 Å². The van der Waals surface area contributed by atoms with Gasteiger partial charge in [0, 0.05) is 24.3 Å². The average molecular weight is 517 g/mol. The number of nitrogens with one attached hydrogen (secondary N) is 1. The van der Waals surface area contributed by atoms with E-state index in [-0.39, 0.29) is 17.3 Å². The van der Waals surface area contributed by atoms with Gasteiger partial charge in [-0.1, -0.05) is 38.1 Å². The zero-order chi connectivity index (χ0) is 27.3. The lowest BCUT2D eigenvalue weighted by Crippen LogP contribution is -2.46. The number of imidazole rings is 1. The minimum Gasteiger partial charge on any atom is -0.364 e. The Morgan fingerprint density at radius 2 is 1.54 bits per heavy atom. The second kappa shape index (κ2) is 11.9. The maximum atomic E-state index is 13.7. The number of aromatic nitrogens is 2. The molecule has 2 aliphatic heterocycles. The molecular weight excluding hydrogens is 480 g/mol. The Labute approximate surface area is 217 Å². The number of rotatable bonds is 3. The van der Waals surface area contributed by atoms with E-state index in [4.69, 9.17) is 4.98 Å². The van der Waals surface area contributed by atoms with Crippen molar-refractivity contribution in [1.82, 2.24) is 19.8 Å². The van der Waals surface area contributed by atoms with Crippen LogP contribution < -0.4 is 5.32 Å². The van der Waals surface area contributed by atoms with Crippen LogP contribution in [0.1, 0.15) is 57.1 Å². The minimum absolute atomic E-state index is 0.0958. The maximum Gasteiger partial charge on any atom is 0.194 e. The van der Waals surface area contributed by atoms with Crippen molar-refractivity contribution in [1.29, 1.82) is 0 Å². The number of halogens is 4. The zero-order valence-corrected chi connectivity index (χ0v) is 22.2. The van der Waals surface area contributed by atoms with Crippen molar-refractivity contribution < 1.29 is 17.6 Å². The first-order chi connectivity index (χ1) is 17.5. The van der Waals surface area contributed by atoms with Gasteiger partial charge in [0.25, 0.3) is 0 Å². The van der Waals surface area contributed by atoms with E-state index in [1.807, 2.05) is 34.6 Å².